The molecule has 0 fully saturated rings. The lowest BCUT2D eigenvalue weighted by atomic mass is 9.98. The van der Waals surface area contributed by atoms with E-state index in [1.807, 2.05) is 78.9 Å². The third kappa shape index (κ3) is 13.3. The van der Waals surface area contributed by atoms with Crippen LogP contribution in [-0.4, -0.2) is 54.1 Å². The highest BCUT2D eigenvalue weighted by molar-refractivity contribution is 5.90. The van der Waals surface area contributed by atoms with Crippen molar-refractivity contribution in [3.8, 4) is 11.1 Å². The van der Waals surface area contributed by atoms with Gasteiger partial charge in [-0.25, -0.2) is 9.78 Å². The highest BCUT2D eigenvalue weighted by atomic mass is 19.4. The number of hydrogen-bond donors (Lipinski definition) is 3. The first-order chi connectivity index (χ1) is 24.6. The Balaban J connectivity index is 1.43. The predicted octanol–water partition coefficient (Wildman–Crippen LogP) is 6.30. The molecule has 0 saturated carbocycles. The number of amides is 2. The molecule has 0 aliphatic rings. The fraction of sp³-hybridized carbons (Fsp3) is 0.289. The number of nitrogens with one attached hydrogen (secondary N) is 3. The predicted molar refractivity (Wildman–Crippen MR) is 184 cm³/mol. The van der Waals surface area contributed by atoms with Crippen molar-refractivity contribution in [1.82, 2.24) is 15.6 Å². The number of nitrogens with zero attached hydrogens (tertiary/aromatic N) is 1. The molecule has 4 aromatic rings. The molecular weight excluding hydrogens is 665 g/mol. The van der Waals surface area contributed by atoms with Gasteiger partial charge in [0.05, 0.1) is 25.7 Å². The first kappa shape index (κ1) is 38.2. The Morgan fingerprint density at radius 2 is 1.41 bits per heavy atom. The van der Waals surface area contributed by atoms with Gasteiger partial charge in [-0.1, -0.05) is 97.4 Å². The molecule has 0 aliphatic heterocycles. The molecule has 1 aromatic heterocycles. The van der Waals surface area contributed by atoms with Crippen LogP contribution in [0.25, 0.3) is 11.1 Å². The van der Waals surface area contributed by atoms with E-state index in [2.05, 4.69) is 25.7 Å². The van der Waals surface area contributed by atoms with Crippen LogP contribution in [0.1, 0.15) is 49.3 Å². The van der Waals surface area contributed by atoms with Gasteiger partial charge in [-0.2, -0.15) is 13.2 Å². The summed E-state index contributed by atoms with van der Waals surface area (Å²) in [6.45, 7) is 0.568. The van der Waals surface area contributed by atoms with E-state index in [4.69, 9.17) is 4.74 Å². The summed E-state index contributed by atoms with van der Waals surface area (Å²) in [5.41, 5.74) is 2.89. The fourth-order valence-corrected chi connectivity index (χ4v) is 5.02. The molecule has 13 heteroatoms. The molecule has 0 aliphatic carbocycles. The van der Waals surface area contributed by atoms with Crippen LogP contribution in [0.2, 0.25) is 0 Å². The van der Waals surface area contributed by atoms with Crippen LogP contribution in [0.4, 0.5) is 19.0 Å². The van der Waals surface area contributed by atoms with Crippen LogP contribution >= 0.6 is 0 Å². The van der Waals surface area contributed by atoms with Gasteiger partial charge in [0.25, 0.3) is 0 Å². The molecule has 0 bridgehead atoms. The Labute approximate surface area is 293 Å². The van der Waals surface area contributed by atoms with Gasteiger partial charge in [-0.3, -0.25) is 14.4 Å². The number of carbonyl (C=O) groups excluding carboxylic acids is 4. The van der Waals surface area contributed by atoms with E-state index in [1.165, 1.54) is 0 Å². The minimum Gasteiger partial charge on any atom is -0.386 e. The number of carbonyl (C=O) groups is 4. The third-order valence-electron chi connectivity index (χ3n) is 7.64. The molecule has 3 aromatic carbocycles. The third-order valence-corrected chi connectivity index (χ3v) is 7.64. The van der Waals surface area contributed by atoms with Gasteiger partial charge in [0, 0.05) is 19.2 Å². The first-order valence-corrected chi connectivity index (χ1v) is 16.4. The van der Waals surface area contributed by atoms with E-state index < -0.39 is 48.4 Å². The van der Waals surface area contributed by atoms with E-state index in [-0.39, 0.29) is 19.6 Å². The molecule has 1 unspecified atom stereocenters. The molecule has 0 radical (unpaired) electrons. The topological polar surface area (TPSA) is 136 Å². The number of esters is 2. The monoisotopic (exact) mass is 704 g/mol. The lowest BCUT2D eigenvalue weighted by Crippen LogP contribution is -2.50. The largest absolute Gasteiger partial charge is 0.491 e. The summed E-state index contributed by atoms with van der Waals surface area (Å²) < 4.78 is 48.3. The molecule has 268 valence electrons. The molecule has 0 saturated heterocycles. The molecule has 2 atom stereocenters. The van der Waals surface area contributed by atoms with Gasteiger partial charge in [0.2, 0.25) is 11.8 Å². The van der Waals surface area contributed by atoms with Crippen molar-refractivity contribution in [1.29, 1.82) is 0 Å². The summed E-state index contributed by atoms with van der Waals surface area (Å²) in [5.74, 6) is -4.56. The summed E-state index contributed by atoms with van der Waals surface area (Å²) in [6, 6.07) is 28.3. The second-order valence-corrected chi connectivity index (χ2v) is 11.6. The second-order valence-electron chi connectivity index (χ2n) is 11.6. The van der Waals surface area contributed by atoms with Crippen molar-refractivity contribution in [3.05, 3.63) is 120 Å². The number of alkyl halides is 3. The zero-order valence-electron chi connectivity index (χ0n) is 27.7. The van der Waals surface area contributed by atoms with Gasteiger partial charge in [0.1, 0.15) is 11.9 Å². The molecule has 3 N–H and O–H groups in total. The average molecular weight is 705 g/mol. The Morgan fingerprint density at radius 1 is 0.745 bits per heavy atom. The van der Waals surface area contributed by atoms with Crippen molar-refractivity contribution >= 4 is 29.6 Å². The number of unbranched alkanes of at least 4 members (excludes halogenated alkanes) is 2. The number of ether oxygens (including phenoxy) is 2. The van der Waals surface area contributed by atoms with E-state index in [0.29, 0.717) is 18.5 Å². The molecule has 0 spiro atoms. The fourth-order valence-electron chi connectivity index (χ4n) is 5.02. The quantitative estimate of drug-likeness (QED) is 0.0624. The zero-order chi connectivity index (χ0) is 36.5. The zero-order valence-corrected chi connectivity index (χ0v) is 27.7. The van der Waals surface area contributed by atoms with Crippen molar-refractivity contribution in [2.75, 3.05) is 18.5 Å². The van der Waals surface area contributed by atoms with Crippen LogP contribution in [0.3, 0.4) is 0 Å². The molecular formula is C38H39F3N4O6. The Hall–Kier alpha value is -5.56. The van der Waals surface area contributed by atoms with Crippen molar-refractivity contribution < 1.29 is 41.8 Å². The van der Waals surface area contributed by atoms with Gasteiger partial charge in [-0.05, 0) is 47.2 Å². The lowest BCUT2D eigenvalue weighted by Gasteiger charge is -2.24. The Bertz CT molecular complexity index is 1690. The minimum absolute atomic E-state index is 0.127. The summed E-state index contributed by atoms with van der Waals surface area (Å²) in [6.07, 6.45) is -2.30. The van der Waals surface area contributed by atoms with E-state index in [9.17, 15) is 32.3 Å². The minimum atomic E-state index is -5.38. The van der Waals surface area contributed by atoms with E-state index in [0.717, 1.165) is 35.3 Å². The van der Waals surface area contributed by atoms with Gasteiger partial charge in [0.15, 0.2) is 0 Å². The Kier molecular flexibility index (Phi) is 14.7. The second kappa shape index (κ2) is 19.6. The standard InChI is InChI=1S/C38H39F3N4O6/c39-38(40,41)37(49)51-35(47)24-31(30-20-18-29(19-21-30)28-14-6-2-7-15-28)45-36(48)32(26-50-25-27-12-4-1-5-13-27)44-34(46)17-8-3-10-22-42-33-16-9-11-23-43-33/h1-2,4-7,9,11-16,18-21,23,31-32H,3,8,10,17,22,24-26H2,(H,42,43)(H,44,46)(H,45,48)/t31?,32-/m0/s1. The first-order valence-electron chi connectivity index (χ1n) is 16.4. The number of pyridine rings is 1. The van der Waals surface area contributed by atoms with Crippen molar-refractivity contribution in [3.63, 3.8) is 0 Å². The maximum absolute atomic E-state index is 13.7. The smallest absolute Gasteiger partial charge is 0.386 e. The Morgan fingerprint density at radius 3 is 2.08 bits per heavy atom. The number of aromatic nitrogens is 1. The lowest BCUT2D eigenvalue weighted by molar-refractivity contribution is -0.202. The number of rotatable bonds is 18. The molecule has 10 nitrogen and oxygen atoms in total. The highest BCUT2D eigenvalue weighted by Gasteiger charge is 2.42. The molecule has 51 heavy (non-hydrogen) atoms. The van der Waals surface area contributed by atoms with Gasteiger partial charge in [-0.15, -0.1) is 0 Å². The number of anilines is 1. The van der Waals surface area contributed by atoms with E-state index in [1.54, 1.807) is 30.5 Å². The molecule has 2 amide bonds. The van der Waals surface area contributed by atoms with Gasteiger partial charge >= 0.3 is 18.1 Å². The van der Waals surface area contributed by atoms with Crippen molar-refractivity contribution in [2.45, 2.75) is 57.0 Å². The maximum atomic E-state index is 13.7. The van der Waals surface area contributed by atoms with Crippen LogP contribution in [-0.2, 0) is 35.3 Å². The number of benzene rings is 3. The summed E-state index contributed by atoms with van der Waals surface area (Å²) in [4.78, 5) is 54.7. The summed E-state index contributed by atoms with van der Waals surface area (Å²) in [7, 11) is 0. The maximum Gasteiger partial charge on any atom is 0.491 e. The SMILES string of the molecule is O=C(CCCCCNc1ccccn1)N[C@@H](COCc1ccccc1)C(=O)NC(CC(=O)OC(=O)C(F)(F)F)c1ccc(-c2ccccc2)cc1. The van der Waals surface area contributed by atoms with Crippen LogP contribution in [0.15, 0.2) is 109 Å². The summed E-state index contributed by atoms with van der Waals surface area (Å²) >= 11 is 0. The normalized spacial score (nSPS) is 12.3. The van der Waals surface area contributed by atoms with Crippen molar-refractivity contribution in [2.24, 2.45) is 0 Å². The summed E-state index contributed by atoms with van der Waals surface area (Å²) in [5, 5.41) is 8.54. The van der Waals surface area contributed by atoms with Crippen LogP contribution < -0.4 is 16.0 Å². The van der Waals surface area contributed by atoms with Gasteiger partial charge < -0.3 is 25.4 Å². The molecule has 1 heterocycles. The highest BCUT2D eigenvalue weighted by Crippen LogP contribution is 2.25. The van der Waals surface area contributed by atoms with Crippen LogP contribution in [0, 0.1) is 0 Å². The van der Waals surface area contributed by atoms with Crippen LogP contribution in [0.5, 0.6) is 0 Å². The molecule has 4 rings (SSSR count). The number of hydrogen-bond acceptors (Lipinski definition) is 8. The van der Waals surface area contributed by atoms with E-state index >= 15 is 0 Å². The average Bonchev–Trinajstić information content (AvgIpc) is 3.13. The number of halogens is 3.